The average molecular weight is 442 g/mol. The van der Waals surface area contributed by atoms with E-state index in [1.165, 1.54) is 12.1 Å². The highest BCUT2D eigenvalue weighted by molar-refractivity contribution is 7.81. The second kappa shape index (κ2) is 9.47. The third kappa shape index (κ3) is 4.52. The van der Waals surface area contributed by atoms with Gasteiger partial charge in [-0.15, -0.1) is 0 Å². The number of anilines is 1. The molecule has 2 aromatic rings. The Morgan fingerprint density at radius 2 is 1.84 bits per heavy atom. The number of aliphatic hydroxyl groups excluding tert-OH is 2. The van der Waals surface area contributed by atoms with Crippen molar-refractivity contribution in [3.8, 4) is 0 Å². The summed E-state index contributed by atoms with van der Waals surface area (Å²) in [5.74, 6) is 0.593. The predicted octanol–water partition coefficient (Wildman–Crippen LogP) is 4.62. The van der Waals surface area contributed by atoms with Crippen LogP contribution in [-0.4, -0.2) is 34.8 Å². The SMILES string of the molecule is COC1=CC=C(C2C(CCC(O)c3ccc(F)cc3)C(S)N2c2ccccc2)C(O)C1. The van der Waals surface area contributed by atoms with Crippen LogP contribution in [0.15, 0.2) is 78.1 Å². The van der Waals surface area contributed by atoms with Crippen LogP contribution in [0.25, 0.3) is 0 Å². The quantitative estimate of drug-likeness (QED) is 0.549. The Morgan fingerprint density at radius 1 is 1.13 bits per heavy atom. The largest absolute Gasteiger partial charge is 0.501 e. The number of methoxy groups -OCH3 is 1. The first-order chi connectivity index (χ1) is 15.0. The maximum absolute atomic E-state index is 13.2. The van der Waals surface area contributed by atoms with Crippen LogP contribution in [0.1, 0.15) is 30.9 Å². The van der Waals surface area contributed by atoms with Crippen LogP contribution in [0.4, 0.5) is 10.1 Å². The molecule has 1 saturated heterocycles. The van der Waals surface area contributed by atoms with Gasteiger partial charge in [-0.25, -0.2) is 4.39 Å². The molecule has 0 saturated carbocycles. The van der Waals surface area contributed by atoms with Crippen molar-refractivity contribution < 1.29 is 19.3 Å². The molecule has 1 heterocycles. The first-order valence-corrected chi connectivity index (χ1v) is 11.1. The van der Waals surface area contributed by atoms with Crippen molar-refractivity contribution >= 4 is 18.3 Å². The zero-order valence-electron chi connectivity index (χ0n) is 17.4. The molecular formula is C25H28FNO3S. The fourth-order valence-corrected chi connectivity index (χ4v) is 5.18. The molecule has 0 bridgehead atoms. The Bertz CT molecular complexity index is 947. The van der Waals surface area contributed by atoms with Crippen LogP contribution in [0.3, 0.4) is 0 Å². The number of para-hydroxylation sites is 1. The standard InChI is InChI=1S/C25H28FNO3S/c1-30-19-11-12-20(23(29)15-19)24-21(25(31)27(24)18-5-3-2-4-6-18)13-14-22(28)16-7-9-17(26)10-8-16/h2-12,21-25,28-29,31H,13-15H2,1H3. The van der Waals surface area contributed by atoms with Gasteiger partial charge in [-0.05, 0) is 54.3 Å². The number of halogens is 1. The van der Waals surface area contributed by atoms with Gasteiger partial charge < -0.3 is 19.8 Å². The third-order valence-electron chi connectivity index (χ3n) is 6.30. The molecule has 1 aliphatic heterocycles. The van der Waals surface area contributed by atoms with E-state index in [0.29, 0.717) is 18.4 Å². The maximum Gasteiger partial charge on any atom is 0.123 e. The van der Waals surface area contributed by atoms with E-state index in [0.717, 1.165) is 23.4 Å². The highest BCUT2D eigenvalue weighted by Gasteiger charge is 2.49. The van der Waals surface area contributed by atoms with Gasteiger partial charge in [-0.3, -0.25) is 0 Å². The molecule has 164 valence electrons. The number of hydrogen-bond acceptors (Lipinski definition) is 5. The molecule has 2 aromatic carbocycles. The van der Waals surface area contributed by atoms with Gasteiger partial charge in [-0.2, -0.15) is 12.6 Å². The van der Waals surface area contributed by atoms with Gasteiger partial charge in [0.2, 0.25) is 0 Å². The van der Waals surface area contributed by atoms with Gasteiger partial charge in [0.15, 0.2) is 0 Å². The number of hydrogen-bond donors (Lipinski definition) is 3. The van der Waals surface area contributed by atoms with E-state index < -0.39 is 12.2 Å². The molecule has 2 aliphatic rings. The molecule has 0 spiro atoms. The second-order valence-corrected chi connectivity index (χ2v) is 8.66. The minimum atomic E-state index is -0.669. The van der Waals surface area contributed by atoms with E-state index in [4.69, 9.17) is 17.4 Å². The van der Waals surface area contributed by atoms with Gasteiger partial charge in [0.05, 0.1) is 36.5 Å². The Labute approximate surface area is 188 Å². The Hall–Kier alpha value is -2.28. The molecule has 1 fully saturated rings. The summed E-state index contributed by atoms with van der Waals surface area (Å²) in [6.45, 7) is 0. The molecule has 5 unspecified atom stereocenters. The van der Waals surface area contributed by atoms with E-state index >= 15 is 0 Å². The lowest BCUT2D eigenvalue weighted by atomic mass is 9.75. The number of nitrogens with zero attached hydrogens (tertiary/aromatic N) is 1. The third-order valence-corrected chi connectivity index (χ3v) is 6.93. The minimum Gasteiger partial charge on any atom is -0.501 e. The van der Waals surface area contributed by atoms with E-state index in [9.17, 15) is 14.6 Å². The Kier molecular flexibility index (Phi) is 6.70. The zero-order chi connectivity index (χ0) is 22.0. The van der Waals surface area contributed by atoms with Crippen molar-refractivity contribution in [2.45, 2.75) is 42.9 Å². The molecule has 6 heteroatoms. The van der Waals surface area contributed by atoms with Crippen LogP contribution in [0, 0.1) is 11.7 Å². The van der Waals surface area contributed by atoms with Gasteiger partial charge >= 0.3 is 0 Å². The number of ether oxygens (including phenoxy) is 1. The summed E-state index contributed by atoms with van der Waals surface area (Å²) in [6.07, 6.45) is 4.29. The van der Waals surface area contributed by atoms with Crippen LogP contribution in [0.5, 0.6) is 0 Å². The van der Waals surface area contributed by atoms with E-state index in [1.54, 1.807) is 19.2 Å². The molecule has 2 N–H and O–H groups in total. The Morgan fingerprint density at radius 3 is 2.48 bits per heavy atom. The van der Waals surface area contributed by atoms with E-state index in [-0.39, 0.29) is 23.2 Å². The first-order valence-electron chi connectivity index (χ1n) is 10.6. The molecular weight excluding hydrogens is 413 g/mol. The molecule has 0 aromatic heterocycles. The van der Waals surface area contributed by atoms with Crippen LogP contribution in [0.2, 0.25) is 0 Å². The highest BCUT2D eigenvalue weighted by Crippen LogP contribution is 2.47. The maximum atomic E-state index is 13.2. The normalized spacial score (nSPS) is 26.5. The first kappa shape index (κ1) is 21.9. The van der Waals surface area contributed by atoms with Crippen LogP contribution < -0.4 is 4.90 Å². The molecule has 4 rings (SSSR count). The van der Waals surface area contributed by atoms with Crippen molar-refractivity contribution in [1.82, 2.24) is 0 Å². The number of allylic oxidation sites excluding steroid dienone is 2. The Balaban J connectivity index is 1.55. The number of thiol groups is 1. The topological polar surface area (TPSA) is 52.9 Å². The lowest BCUT2D eigenvalue weighted by Crippen LogP contribution is -2.64. The van der Waals surface area contributed by atoms with Crippen LogP contribution >= 0.6 is 12.6 Å². The summed E-state index contributed by atoms with van der Waals surface area (Å²) < 4.78 is 18.5. The summed E-state index contributed by atoms with van der Waals surface area (Å²) in [6, 6.07) is 16.0. The second-order valence-electron chi connectivity index (χ2n) is 8.13. The summed E-state index contributed by atoms with van der Waals surface area (Å²) in [5, 5.41) is 21.4. The summed E-state index contributed by atoms with van der Waals surface area (Å²) in [7, 11) is 1.61. The number of aliphatic hydroxyl groups is 2. The summed E-state index contributed by atoms with van der Waals surface area (Å²) in [5.41, 5.74) is 2.70. The molecule has 5 atom stereocenters. The fourth-order valence-electron chi connectivity index (χ4n) is 4.59. The summed E-state index contributed by atoms with van der Waals surface area (Å²) in [4.78, 5) is 2.22. The van der Waals surface area contributed by atoms with Gasteiger partial charge in [0.1, 0.15) is 5.82 Å². The molecule has 31 heavy (non-hydrogen) atoms. The molecule has 1 aliphatic carbocycles. The van der Waals surface area contributed by atoms with Gasteiger partial charge in [0, 0.05) is 18.0 Å². The van der Waals surface area contributed by atoms with Crippen molar-refractivity contribution in [2.24, 2.45) is 5.92 Å². The monoisotopic (exact) mass is 441 g/mol. The van der Waals surface area contributed by atoms with Crippen molar-refractivity contribution in [1.29, 1.82) is 0 Å². The van der Waals surface area contributed by atoms with E-state index in [2.05, 4.69) is 4.90 Å². The lowest BCUT2D eigenvalue weighted by molar-refractivity contribution is 0.129. The molecule has 4 nitrogen and oxygen atoms in total. The predicted molar refractivity (Wildman–Crippen MR) is 123 cm³/mol. The summed E-state index contributed by atoms with van der Waals surface area (Å²) >= 11 is 4.88. The van der Waals surface area contributed by atoms with Crippen molar-refractivity contribution in [3.63, 3.8) is 0 Å². The number of benzene rings is 2. The minimum absolute atomic E-state index is 0.0185. The fraction of sp³-hybridized carbons (Fsp3) is 0.360. The van der Waals surface area contributed by atoms with Gasteiger partial charge in [0.25, 0.3) is 0 Å². The van der Waals surface area contributed by atoms with Crippen molar-refractivity contribution in [2.75, 3.05) is 12.0 Å². The van der Waals surface area contributed by atoms with Gasteiger partial charge in [-0.1, -0.05) is 36.4 Å². The van der Waals surface area contributed by atoms with E-state index in [1.807, 2.05) is 42.5 Å². The van der Waals surface area contributed by atoms with Crippen LogP contribution in [-0.2, 0) is 4.74 Å². The molecule has 0 amide bonds. The average Bonchev–Trinajstić information content (AvgIpc) is 2.78. The lowest BCUT2D eigenvalue weighted by Gasteiger charge is -2.57. The number of rotatable bonds is 7. The van der Waals surface area contributed by atoms with Crippen molar-refractivity contribution in [3.05, 3.63) is 89.5 Å². The smallest absolute Gasteiger partial charge is 0.123 e. The zero-order valence-corrected chi connectivity index (χ0v) is 18.3. The molecule has 0 radical (unpaired) electrons. The highest BCUT2D eigenvalue weighted by atomic mass is 32.1.